The van der Waals surface area contributed by atoms with Gasteiger partial charge in [-0.1, -0.05) is 0 Å². The van der Waals surface area contributed by atoms with Crippen molar-refractivity contribution in [2.75, 3.05) is 5.73 Å². The number of nitrogens with zero attached hydrogens (tertiary/aromatic N) is 1. The van der Waals surface area contributed by atoms with E-state index in [0.717, 1.165) is 5.69 Å². The second-order valence-corrected chi connectivity index (χ2v) is 4.57. The van der Waals surface area contributed by atoms with Gasteiger partial charge in [0.1, 0.15) is 5.82 Å². The van der Waals surface area contributed by atoms with Crippen LogP contribution in [0.1, 0.15) is 10.6 Å². The number of pyridine rings is 1. The maximum absolute atomic E-state index is 5.60. The lowest BCUT2D eigenvalue weighted by atomic mass is 10.1. The molecule has 0 aromatic carbocycles. The van der Waals surface area contributed by atoms with Crippen LogP contribution in [0.5, 0.6) is 0 Å². The van der Waals surface area contributed by atoms with Gasteiger partial charge in [0.2, 0.25) is 0 Å². The molecular formula is C11H12N2S. The molecule has 72 valence electrons. The number of nitrogens with two attached hydrogens (primary N) is 1. The molecule has 0 aliphatic heterocycles. The lowest BCUT2D eigenvalue weighted by Gasteiger charge is -2.02. The highest BCUT2D eigenvalue weighted by Crippen LogP contribution is 2.29. The number of hydrogen-bond acceptors (Lipinski definition) is 3. The quantitative estimate of drug-likeness (QED) is 0.775. The van der Waals surface area contributed by atoms with Crippen LogP contribution >= 0.6 is 11.3 Å². The first-order valence-corrected chi connectivity index (χ1v) is 5.28. The summed E-state index contributed by atoms with van der Waals surface area (Å²) in [6.45, 7) is 4.09. The van der Waals surface area contributed by atoms with E-state index in [1.54, 1.807) is 11.3 Å². The van der Waals surface area contributed by atoms with E-state index in [0.29, 0.717) is 5.82 Å². The molecular weight excluding hydrogens is 192 g/mol. The molecule has 2 aromatic heterocycles. The lowest BCUT2D eigenvalue weighted by Crippen LogP contribution is -1.93. The minimum Gasteiger partial charge on any atom is -0.384 e. The average molecular weight is 204 g/mol. The minimum absolute atomic E-state index is 0.583. The topological polar surface area (TPSA) is 38.9 Å². The fourth-order valence-corrected chi connectivity index (χ4v) is 2.36. The van der Waals surface area contributed by atoms with Crippen LogP contribution in [0.2, 0.25) is 0 Å². The molecule has 0 atom stereocenters. The monoisotopic (exact) mass is 204 g/mol. The smallest absolute Gasteiger partial charge is 0.123 e. The molecule has 2 heterocycles. The van der Waals surface area contributed by atoms with Crippen molar-refractivity contribution in [2.24, 2.45) is 0 Å². The molecule has 0 amide bonds. The fraction of sp³-hybridized carbons (Fsp3) is 0.182. The summed E-state index contributed by atoms with van der Waals surface area (Å²) in [5, 5.41) is 0. The third-order valence-corrected chi connectivity index (χ3v) is 3.15. The number of thiophene rings is 1. The van der Waals surface area contributed by atoms with E-state index in [1.165, 1.54) is 15.3 Å². The molecule has 0 saturated carbocycles. The van der Waals surface area contributed by atoms with Crippen molar-refractivity contribution in [3.8, 4) is 10.4 Å². The van der Waals surface area contributed by atoms with Crippen molar-refractivity contribution in [1.29, 1.82) is 0 Å². The Bertz CT molecular complexity index is 460. The Labute approximate surface area is 87.4 Å². The molecule has 0 radical (unpaired) electrons. The van der Waals surface area contributed by atoms with Crippen molar-refractivity contribution >= 4 is 17.2 Å². The van der Waals surface area contributed by atoms with Crippen molar-refractivity contribution < 1.29 is 0 Å². The summed E-state index contributed by atoms with van der Waals surface area (Å²) in [6, 6.07) is 8.12. The van der Waals surface area contributed by atoms with Gasteiger partial charge in [0, 0.05) is 21.0 Å². The number of nitrogen functional groups attached to an aromatic ring is 1. The SMILES string of the molecule is Cc1ccc(-c2ccc(N)nc2C)s1. The van der Waals surface area contributed by atoms with E-state index in [4.69, 9.17) is 5.73 Å². The van der Waals surface area contributed by atoms with E-state index in [1.807, 2.05) is 19.1 Å². The second-order valence-electron chi connectivity index (χ2n) is 3.28. The Hall–Kier alpha value is -1.35. The normalized spacial score (nSPS) is 10.4. The summed E-state index contributed by atoms with van der Waals surface area (Å²) < 4.78 is 0. The Balaban J connectivity index is 2.52. The number of aryl methyl sites for hydroxylation is 2. The summed E-state index contributed by atoms with van der Waals surface area (Å²) in [6.07, 6.45) is 0. The highest BCUT2D eigenvalue weighted by molar-refractivity contribution is 7.15. The molecule has 14 heavy (non-hydrogen) atoms. The number of rotatable bonds is 1. The highest BCUT2D eigenvalue weighted by atomic mass is 32.1. The predicted molar refractivity (Wildman–Crippen MR) is 61.4 cm³/mol. The van der Waals surface area contributed by atoms with Gasteiger partial charge in [0.25, 0.3) is 0 Å². The van der Waals surface area contributed by atoms with Crippen LogP contribution < -0.4 is 5.73 Å². The Morgan fingerprint density at radius 1 is 1.14 bits per heavy atom. The van der Waals surface area contributed by atoms with Gasteiger partial charge in [0.15, 0.2) is 0 Å². The number of anilines is 1. The van der Waals surface area contributed by atoms with E-state index in [-0.39, 0.29) is 0 Å². The van der Waals surface area contributed by atoms with E-state index in [9.17, 15) is 0 Å². The van der Waals surface area contributed by atoms with Gasteiger partial charge in [-0.15, -0.1) is 11.3 Å². The molecule has 0 saturated heterocycles. The van der Waals surface area contributed by atoms with Gasteiger partial charge >= 0.3 is 0 Å². The largest absolute Gasteiger partial charge is 0.384 e. The van der Waals surface area contributed by atoms with Crippen LogP contribution in [-0.4, -0.2) is 4.98 Å². The first-order valence-electron chi connectivity index (χ1n) is 4.47. The summed E-state index contributed by atoms with van der Waals surface area (Å²) in [5.41, 5.74) is 7.77. The van der Waals surface area contributed by atoms with Crippen LogP contribution in [-0.2, 0) is 0 Å². The minimum atomic E-state index is 0.583. The zero-order valence-electron chi connectivity index (χ0n) is 8.24. The summed E-state index contributed by atoms with van der Waals surface area (Å²) in [7, 11) is 0. The third kappa shape index (κ3) is 1.63. The molecule has 0 bridgehead atoms. The zero-order chi connectivity index (χ0) is 10.1. The van der Waals surface area contributed by atoms with Gasteiger partial charge in [-0.25, -0.2) is 4.98 Å². The summed E-state index contributed by atoms with van der Waals surface area (Å²) in [4.78, 5) is 6.82. The van der Waals surface area contributed by atoms with E-state index < -0.39 is 0 Å². The second kappa shape index (κ2) is 3.42. The first kappa shape index (κ1) is 9.21. The summed E-state index contributed by atoms with van der Waals surface area (Å²) in [5.74, 6) is 0.583. The van der Waals surface area contributed by atoms with E-state index in [2.05, 4.69) is 24.0 Å². The summed E-state index contributed by atoms with van der Waals surface area (Å²) >= 11 is 1.78. The van der Waals surface area contributed by atoms with Crippen molar-refractivity contribution in [3.05, 3.63) is 34.8 Å². The molecule has 0 aliphatic rings. The van der Waals surface area contributed by atoms with Crippen molar-refractivity contribution in [1.82, 2.24) is 4.98 Å². The third-order valence-electron chi connectivity index (χ3n) is 2.11. The fourth-order valence-electron chi connectivity index (χ4n) is 1.42. The maximum Gasteiger partial charge on any atom is 0.123 e. The Kier molecular flexibility index (Phi) is 2.25. The lowest BCUT2D eigenvalue weighted by molar-refractivity contribution is 1.22. The predicted octanol–water partition coefficient (Wildman–Crippen LogP) is 3.01. The van der Waals surface area contributed by atoms with Crippen LogP contribution in [0.4, 0.5) is 5.82 Å². The highest BCUT2D eigenvalue weighted by Gasteiger charge is 2.04. The van der Waals surface area contributed by atoms with Crippen LogP contribution in [0.15, 0.2) is 24.3 Å². The van der Waals surface area contributed by atoms with Gasteiger partial charge in [0.05, 0.1) is 0 Å². The number of aromatic nitrogens is 1. The average Bonchev–Trinajstić information content (AvgIpc) is 2.51. The van der Waals surface area contributed by atoms with Crippen molar-refractivity contribution in [2.45, 2.75) is 13.8 Å². The number of hydrogen-bond donors (Lipinski definition) is 1. The van der Waals surface area contributed by atoms with Crippen LogP contribution in [0.25, 0.3) is 10.4 Å². The van der Waals surface area contributed by atoms with Gasteiger partial charge < -0.3 is 5.73 Å². The Morgan fingerprint density at radius 3 is 2.50 bits per heavy atom. The maximum atomic E-state index is 5.60. The zero-order valence-corrected chi connectivity index (χ0v) is 9.06. The molecule has 0 unspecified atom stereocenters. The van der Waals surface area contributed by atoms with Gasteiger partial charge in [-0.3, -0.25) is 0 Å². The van der Waals surface area contributed by atoms with Crippen LogP contribution in [0.3, 0.4) is 0 Å². The molecule has 3 heteroatoms. The Morgan fingerprint density at radius 2 is 1.93 bits per heavy atom. The van der Waals surface area contributed by atoms with Gasteiger partial charge in [-0.05, 0) is 38.1 Å². The molecule has 0 aliphatic carbocycles. The van der Waals surface area contributed by atoms with E-state index >= 15 is 0 Å². The standard InChI is InChI=1S/C11H12N2S/c1-7-3-5-10(14-7)9-4-6-11(12)13-8(9)2/h3-6H,1-2H3,(H2,12,13). The van der Waals surface area contributed by atoms with Crippen molar-refractivity contribution in [3.63, 3.8) is 0 Å². The van der Waals surface area contributed by atoms with Gasteiger partial charge in [-0.2, -0.15) is 0 Å². The molecule has 0 spiro atoms. The van der Waals surface area contributed by atoms with Crippen LogP contribution in [0, 0.1) is 13.8 Å². The molecule has 0 fully saturated rings. The molecule has 2 rings (SSSR count). The molecule has 2 nitrogen and oxygen atoms in total. The first-order chi connectivity index (χ1) is 6.66. The molecule has 2 N–H and O–H groups in total. The molecule has 2 aromatic rings.